The quantitative estimate of drug-likeness (QED) is 0.518. The van der Waals surface area contributed by atoms with Gasteiger partial charge in [0.1, 0.15) is 5.75 Å². The van der Waals surface area contributed by atoms with Gasteiger partial charge in [-0.1, -0.05) is 57.9 Å². The van der Waals surface area contributed by atoms with Gasteiger partial charge in [0.2, 0.25) is 0 Å². The van der Waals surface area contributed by atoms with E-state index in [-0.39, 0.29) is 12.6 Å². The molecule has 0 spiro atoms. The first-order valence-corrected chi connectivity index (χ1v) is 10.9. The highest BCUT2D eigenvalue weighted by Gasteiger charge is 2.23. The summed E-state index contributed by atoms with van der Waals surface area (Å²) in [6, 6.07) is 17.5. The molecule has 2 heterocycles. The van der Waals surface area contributed by atoms with Crippen LogP contribution in [0.25, 0.3) is 0 Å². The van der Waals surface area contributed by atoms with Crippen molar-refractivity contribution in [2.24, 2.45) is 0 Å². The fraction of sp³-hybridized carbons (Fsp3) is 0.273. The van der Waals surface area contributed by atoms with Gasteiger partial charge in [0.15, 0.2) is 12.4 Å². The summed E-state index contributed by atoms with van der Waals surface area (Å²) in [6.45, 7) is 4.19. The SMILES string of the molecule is O=C(c1ccn(COc2ccc(Br)cc2Cl)n1)N1CCN(Cc2ccccc2)CC1. The number of amides is 1. The molecule has 1 aliphatic heterocycles. The number of hydrogen-bond acceptors (Lipinski definition) is 4. The monoisotopic (exact) mass is 488 g/mol. The minimum absolute atomic E-state index is 0.0465. The number of nitrogens with zero attached hydrogens (tertiary/aromatic N) is 4. The second kappa shape index (κ2) is 9.64. The smallest absolute Gasteiger partial charge is 0.274 e. The van der Waals surface area contributed by atoms with Gasteiger partial charge in [-0.3, -0.25) is 9.69 Å². The number of halogens is 2. The molecule has 156 valence electrons. The van der Waals surface area contributed by atoms with Crippen molar-refractivity contribution < 1.29 is 9.53 Å². The lowest BCUT2D eigenvalue weighted by Gasteiger charge is -2.34. The molecule has 30 heavy (non-hydrogen) atoms. The Hall–Kier alpha value is -2.35. The Morgan fingerprint density at radius 2 is 1.83 bits per heavy atom. The van der Waals surface area contributed by atoms with E-state index in [4.69, 9.17) is 16.3 Å². The minimum Gasteiger partial charge on any atom is -0.470 e. The van der Waals surface area contributed by atoms with E-state index < -0.39 is 0 Å². The van der Waals surface area contributed by atoms with E-state index in [1.54, 1.807) is 29.1 Å². The first-order valence-electron chi connectivity index (χ1n) is 9.75. The normalized spacial score (nSPS) is 14.7. The van der Waals surface area contributed by atoms with E-state index in [0.29, 0.717) is 29.6 Å². The van der Waals surface area contributed by atoms with Crippen LogP contribution in [-0.4, -0.2) is 51.7 Å². The lowest BCUT2D eigenvalue weighted by atomic mass is 10.2. The lowest BCUT2D eigenvalue weighted by molar-refractivity contribution is 0.0621. The van der Waals surface area contributed by atoms with Crippen molar-refractivity contribution in [2.45, 2.75) is 13.3 Å². The number of carbonyl (C=O) groups is 1. The second-order valence-corrected chi connectivity index (χ2v) is 8.47. The van der Waals surface area contributed by atoms with Crippen LogP contribution in [0.15, 0.2) is 65.3 Å². The molecule has 1 fully saturated rings. The fourth-order valence-electron chi connectivity index (χ4n) is 3.39. The topological polar surface area (TPSA) is 50.6 Å². The van der Waals surface area contributed by atoms with Gasteiger partial charge in [0.25, 0.3) is 5.91 Å². The number of rotatable bonds is 6. The molecule has 1 aromatic heterocycles. The van der Waals surface area contributed by atoms with Crippen molar-refractivity contribution in [3.8, 4) is 5.75 Å². The van der Waals surface area contributed by atoms with E-state index in [0.717, 1.165) is 24.1 Å². The fourth-order valence-corrected chi connectivity index (χ4v) is 4.12. The van der Waals surface area contributed by atoms with Gasteiger partial charge >= 0.3 is 0 Å². The van der Waals surface area contributed by atoms with Gasteiger partial charge in [0.05, 0.1) is 5.02 Å². The van der Waals surface area contributed by atoms with Crippen LogP contribution < -0.4 is 4.74 Å². The molecule has 0 atom stereocenters. The second-order valence-electron chi connectivity index (χ2n) is 7.14. The Morgan fingerprint density at radius 3 is 2.57 bits per heavy atom. The van der Waals surface area contributed by atoms with Gasteiger partial charge in [-0.25, -0.2) is 4.68 Å². The van der Waals surface area contributed by atoms with E-state index >= 15 is 0 Å². The molecule has 2 aromatic carbocycles. The average Bonchev–Trinajstić information content (AvgIpc) is 3.23. The van der Waals surface area contributed by atoms with Crippen LogP contribution in [0.1, 0.15) is 16.1 Å². The number of benzene rings is 2. The van der Waals surface area contributed by atoms with Gasteiger partial charge in [-0.05, 0) is 29.8 Å². The molecular formula is C22H22BrClN4O2. The van der Waals surface area contributed by atoms with Gasteiger partial charge in [-0.2, -0.15) is 5.10 Å². The molecule has 0 radical (unpaired) electrons. The first-order chi connectivity index (χ1) is 14.6. The van der Waals surface area contributed by atoms with Crippen LogP contribution in [0.2, 0.25) is 5.02 Å². The molecule has 6 nitrogen and oxygen atoms in total. The highest BCUT2D eigenvalue weighted by molar-refractivity contribution is 9.10. The zero-order valence-electron chi connectivity index (χ0n) is 16.4. The van der Waals surface area contributed by atoms with E-state index in [1.807, 2.05) is 17.0 Å². The van der Waals surface area contributed by atoms with Crippen molar-refractivity contribution in [3.63, 3.8) is 0 Å². The number of piperazine rings is 1. The third-order valence-electron chi connectivity index (χ3n) is 5.01. The molecule has 0 aliphatic carbocycles. The zero-order valence-corrected chi connectivity index (χ0v) is 18.7. The van der Waals surface area contributed by atoms with Gasteiger partial charge in [0, 0.05) is 43.4 Å². The molecule has 0 unspecified atom stereocenters. The van der Waals surface area contributed by atoms with E-state index in [9.17, 15) is 4.79 Å². The van der Waals surface area contributed by atoms with Crippen LogP contribution in [0.4, 0.5) is 0 Å². The summed E-state index contributed by atoms with van der Waals surface area (Å²) in [7, 11) is 0. The molecule has 8 heteroatoms. The van der Waals surface area contributed by atoms with Crippen LogP contribution in [0.5, 0.6) is 5.75 Å². The predicted octanol–water partition coefficient (Wildman–Crippen LogP) is 4.29. The number of aromatic nitrogens is 2. The molecule has 4 rings (SSSR count). The summed E-state index contributed by atoms with van der Waals surface area (Å²) >= 11 is 9.53. The maximum atomic E-state index is 12.8. The maximum absolute atomic E-state index is 12.8. The maximum Gasteiger partial charge on any atom is 0.274 e. The summed E-state index contributed by atoms with van der Waals surface area (Å²) in [5.41, 5.74) is 1.72. The van der Waals surface area contributed by atoms with Crippen LogP contribution in [0.3, 0.4) is 0 Å². The standard InChI is InChI=1S/C22H22BrClN4O2/c23-18-6-7-21(19(24)14-18)30-16-28-9-8-20(25-28)22(29)27-12-10-26(11-13-27)15-17-4-2-1-3-5-17/h1-9,14H,10-13,15-16H2. The Bertz CT molecular complexity index is 1000. The van der Waals surface area contributed by atoms with Crippen LogP contribution in [0, 0.1) is 0 Å². The molecule has 3 aromatic rings. The van der Waals surface area contributed by atoms with Crippen molar-refractivity contribution in [1.82, 2.24) is 19.6 Å². The van der Waals surface area contributed by atoms with E-state index in [1.165, 1.54) is 5.56 Å². The number of ether oxygens (including phenoxy) is 1. The summed E-state index contributed by atoms with van der Waals surface area (Å²) in [4.78, 5) is 17.0. The lowest BCUT2D eigenvalue weighted by Crippen LogP contribution is -2.48. The van der Waals surface area contributed by atoms with Crippen molar-refractivity contribution in [2.75, 3.05) is 26.2 Å². The molecule has 1 amide bonds. The van der Waals surface area contributed by atoms with Gasteiger partial charge in [-0.15, -0.1) is 0 Å². The highest BCUT2D eigenvalue weighted by atomic mass is 79.9. The van der Waals surface area contributed by atoms with Gasteiger partial charge < -0.3 is 9.64 Å². The summed E-state index contributed by atoms with van der Waals surface area (Å²) in [5.74, 6) is 0.521. The van der Waals surface area contributed by atoms with Crippen molar-refractivity contribution >= 4 is 33.4 Å². The molecule has 0 N–H and O–H groups in total. The van der Waals surface area contributed by atoms with Crippen molar-refractivity contribution in [1.29, 1.82) is 0 Å². The predicted molar refractivity (Wildman–Crippen MR) is 120 cm³/mol. The van der Waals surface area contributed by atoms with E-state index in [2.05, 4.69) is 50.2 Å². The Labute approximate surface area is 189 Å². The largest absolute Gasteiger partial charge is 0.470 e. The Balaban J connectivity index is 1.29. The highest BCUT2D eigenvalue weighted by Crippen LogP contribution is 2.27. The third-order valence-corrected chi connectivity index (χ3v) is 5.80. The summed E-state index contributed by atoms with van der Waals surface area (Å²) in [6.07, 6.45) is 1.74. The van der Waals surface area contributed by atoms with Crippen LogP contribution in [-0.2, 0) is 13.3 Å². The zero-order chi connectivity index (χ0) is 20.9. The molecule has 0 bridgehead atoms. The first kappa shape index (κ1) is 20.9. The number of hydrogen-bond donors (Lipinski definition) is 0. The minimum atomic E-state index is -0.0465. The summed E-state index contributed by atoms with van der Waals surface area (Å²) < 4.78 is 8.18. The molecule has 1 saturated heterocycles. The van der Waals surface area contributed by atoms with Crippen molar-refractivity contribution in [3.05, 3.63) is 81.5 Å². The molecule has 0 saturated carbocycles. The molecule has 1 aliphatic rings. The number of carbonyl (C=O) groups excluding carboxylic acids is 1. The average molecular weight is 490 g/mol. The summed E-state index contributed by atoms with van der Waals surface area (Å²) in [5, 5.41) is 4.88. The Kier molecular flexibility index (Phi) is 6.72. The third kappa shape index (κ3) is 5.22. The molecular weight excluding hydrogens is 468 g/mol. The van der Waals surface area contributed by atoms with Crippen LogP contribution >= 0.6 is 27.5 Å². The Morgan fingerprint density at radius 1 is 1.07 bits per heavy atom.